The van der Waals surface area contributed by atoms with Gasteiger partial charge in [0.1, 0.15) is 5.69 Å². The number of benzene rings is 2. The van der Waals surface area contributed by atoms with Crippen molar-refractivity contribution in [3.05, 3.63) is 114 Å². The highest BCUT2D eigenvalue weighted by atomic mass is 16.2. The molecule has 5 nitrogen and oxygen atoms in total. The van der Waals surface area contributed by atoms with Crippen LogP contribution in [0, 0.1) is 6.92 Å². The third-order valence-electron chi connectivity index (χ3n) is 5.36. The lowest BCUT2D eigenvalue weighted by molar-refractivity contribution is -0.125. The van der Waals surface area contributed by atoms with E-state index in [1.54, 1.807) is 23.4 Å². The van der Waals surface area contributed by atoms with Crippen LogP contribution in [0.3, 0.4) is 0 Å². The van der Waals surface area contributed by atoms with E-state index in [0.717, 1.165) is 27.9 Å². The molecule has 4 aromatic rings. The highest BCUT2D eigenvalue weighted by molar-refractivity contribution is 5.92. The molecule has 2 aromatic heterocycles. The quantitative estimate of drug-likeness (QED) is 0.395. The molecule has 0 spiro atoms. The van der Waals surface area contributed by atoms with Gasteiger partial charge < -0.3 is 4.90 Å². The van der Waals surface area contributed by atoms with E-state index in [1.165, 1.54) is 5.56 Å². The number of aromatic nitrogens is 3. The predicted octanol–water partition coefficient (Wildman–Crippen LogP) is 4.97. The minimum absolute atomic E-state index is 0.0544. The Morgan fingerprint density at radius 3 is 2.56 bits per heavy atom. The van der Waals surface area contributed by atoms with E-state index in [1.807, 2.05) is 66.5 Å². The van der Waals surface area contributed by atoms with Gasteiger partial charge >= 0.3 is 0 Å². The second-order valence-corrected chi connectivity index (χ2v) is 7.81. The smallest absolute Gasteiger partial charge is 0.246 e. The van der Waals surface area contributed by atoms with Crippen LogP contribution in [0.4, 0.5) is 0 Å². The Kier molecular flexibility index (Phi) is 6.56. The van der Waals surface area contributed by atoms with Crippen LogP contribution in [0.25, 0.3) is 17.3 Å². The van der Waals surface area contributed by atoms with E-state index in [9.17, 15) is 4.79 Å². The molecular weight excluding hydrogens is 396 g/mol. The first-order chi connectivity index (χ1) is 15.6. The molecule has 0 atom stereocenters. The fourth-order valence-corrected chi connectivity index (χ4v) is 3.55. The van der Waals surface area contributed by atoms with Gasteiger partial charge in [0.15, 0.2) is 0 Å². The topological polar surface area (TPSA) is 51.0 Å². The van der Waals surface area contributed by atoms with Crippen LogP contribution < -0.4 is 0 Å². The zero-order valence-electron chi connectivity index (χ0n) is 18.3. The standard InChI is InChI=1S/C27H26N4O/c1-21-9-6-7-12-24(21)19-30(2)26(32)15-14-25-20-31(18-22-10-4-3-5-11-22)29-27(25)23-13-8-16-28-17-23/h3-17,20H,18-19H2,1-2H3/b15-14+. The number of rotatable bonds is 7. The second-order valence-electron chi connectivity index (χ2n) is 7.81. The Morgan fingerprint density at radius 1 is 1.03 bits per heavy atom. The monoisotopic (exact) mass is 422 g/mol. The maximum atomic E-state index is 12.8. The summed E-state index contributed by atoms with van der Waals surface area (Å²) >= 11 is 0. The summed E-state index contributed by atoms with van der Waals surface area (Å²) in [5.41, 5.74) is 6.09. The molecule has 1 amide bonds. The van der Waals surface area contributed by atoms with Crippen molar-refractivity contribution < 1.29 is 4.79 Å². The Morgan fingerprint density at radius 2 is 1.81 bits per heavy atom. The summed E-state index contributed by atoms with van der Waals surface area (Å²) < 4.78 is 1.90. The number of amides is 1. The van der Waals surface area contributed by atoms with Crippen molar-refractivity contribution in [2.75, 3.05) is 7.05 Å². The molecule has 5 heteroatoms. The third-order valence-corrected chi connectivity index (χ3v) is 5.36. The maximum Gasteiger partial charge on any atom is 0.246 e. The number of hydrogen-bond acceptors (Lipinski definition) is 3. The molecule has 0 N–H and O–H groups in total. The number of pyridine rings is 1. The molecule has 0 bridgehead atoms. The van der Waals surface area contributed by atoms with Gasteiger partial charge in [0, 0.05) is 49.4 Å². The van der Waals surface area contributed by atoms with Crippen LogP contribution in [0.2, 0.25) is 0 Å². The minimum atomic E-state index is -0.0544. The van der Waals surface area contributed by atoms with Gasteiger partial charge in [0.05, 0.1) is 6.54 Å². The highest BCUT2D eigenvalue weighted by Gasteiger charge is 2.12. The van der Waals surface area contributed by atoms with Gasteiger partial charge in [-0.3, -0.25) is 14.5 Å². The van der Waals surface area contributed by atoms with Gasteiger partial charge in [0.25, 0.3) is 0 Å². The lowest BCUT2D eigenvalue weighted by atomic mass is 10.1. The van der Waals surface area contributed by atoms with Crippen LogP contribution in [-0.2, 0) is 17.9 Å². The molecule has 0 aliphatic carbocycles. The average molecular weight is 423 g/mol. The van der Waals surface area contributed by atoms with E-state index in [2.05, 4.69) is 36.2 Å². The largest absolute Gasteiger partial charge is 0.338 e. The third kappa shape index (κ3) is 5.19. The first kappa shape index (κ1) is 21.2. The zero-order valence-corrected chi connectivity index (χ0v) is 18.3. The molecule has 2 aromatic carbocycles. The number of aryl methyl sites for hydroxylation is 1. The Balaban J connectivity index is 1.56. The van der Waals surface area contributed by atoms with Crippen LogP contribution >= 0.6 is 0 Å². The minimum Gasteiger partial charge on any atom is -0.338 e. The molecule has 0 fully saturated rings. The molecule has 4 rings (SSSR count). The lowest BCUT2D eigenvalue weighted by Crippen LogP contribution is -2.24. The average Bonchev–Trinajstić information content (AvgIpc) is 3.22. The summed E-state index contributed by atoms with van der Waals surface area (Å²) in [6.07, 6.45) is 8.96. The zero-order chi connectivity index (χ0) is 22.3. The number of carbonyl (C=O) groups is 1. The van der Waals surface area contributed by atoms with Crippen LogP contribution in [-0.4, -0.2) is 32.6 Å². The Hall–Kier alpha value is -3.99. The van der Waals surface area contributed by atoms with Crippen molar-refractivity contribution in [2.24, 2.45) is 0 Å². The number of nitrogens with zero attached hydrogens (tertiary/aromatic N) is 4. The molecule has 160 valence electrons. The summed E-state index contributed by atoms with van der Waals surface area (Å²) in [6.45, 7) is 3.28. The molecule has 0 saturated heterocycles. The lowest BCUT2D eigenvalue weighted by Gasteiger charge is -2.16. The Labute approximate surface area is 188 Å². The fourth-order valence-electron chi connectivity index (χ4n) is 3.55. The van der Waals surface area contributed by atoms with E-state index in [-0.39, 0.29) is 5.91 Å². The van der Waals surface area contributed by atoms with Crippen molar-refractivity contribution in [1.82, 2.24) is 19.7 Å². The summed E-state index contributed by atoms with van der Waals surface area (Å²) in [5, 5.41) is 4.78. The highest BCUT2D eigenvalue weighted by Crippen LogP contribution is 2.23. The van der Waals surface area contributed by atoms with E-state index >= 15 is 0 Å². The SMILES string of the molecule is Cc1ccccc1CN(C)C(=O)/C=C/c1cn(Cc2ccccc2)nc1-c1cccnc1. The number of likely N-dealkylation sites (N-methyl/N-ethyl adjacent to an activating group) is 1. The molecule has 0 aliphatic rings. The van der Waals surface area contributed by atoms with Gasteiger partial charge in [-0.15, -0.1) is 0 Å². The number of carbonyl (C=O) groups excluding carboxylic acids is 1. The number of hydrogen-bond donors (Lipinski definition) is 0. The second kappa shape index (κ2) is 9.88. The van der Waals surface area contributed by atoms with Crippen LogP contribution in [0.15, 0.2) is 91.4 Å². The van der Waals surface area contributed by atoms with Crippen molar-refractivity contribution in [3.8, 4) is 11.3 Å². The normalized spacial score (nSPS) is 11.1. The summed E-state index contributed by atoms with van der Waals surface area (Å²) in [7, 11) is 1.82. The first-order valence-electron chi connectivity index (χ1n) is 10.6. The van der Waals surface area contributed by atoms with Crippen molar-refractivity contribution in [1.29, 1.82) is 0 Å². The van der Waals surface area contributed by atoms with Crippen LogP contribution in [0.1, 0.15) is 22.3 Å². The maximum absolute atomic E-state index is 12.8. The fraction of sp³-hybridized carbons (Fsp3) is 0.148. The summed E-state index contributed by atoms with van der Waals surface area (Å²) in [4.78, 5) is 18.7. The van der Waals surface area contributed by atoms with Crippen molar-refractivity contribution in [2.45, 2.75) is 20.0 Å². The van der Waals surface area contributed by atoms with Crippen LogP contribution in [0.5, 0.6) is 0 Å². The summed E-state index contributed by atoms with van der Waals surface area (Å²) in [6, 6.07) is 22.2. The molecule has 0 unspecified atom stereocenters. The van der Waals surface area contributed by atoms with E-state index < -0.39 is 0 Å². The first-order valence-corrected chi connectivity index (χ1v) is 10.6. The van der Waals surface area contributed by atoms with E-state index in [0.29, 0.717) is 13.1 Å². The van der Waals surface area contributed by atoms with Gasteiger partial charge in [0.2, 0.25) is 5.91 Å². The Bertz CT molecular complexity index is 1210. The van der Waals surface area contributed by atoms with E-state index in [4.69, 9.17) is 5.10 Å². The molecule has 0 radical (unpaired) electrons. The molecule has 0 saturated carbocycles. The predicted molar refractivity (Wildman–Crippen MR) is 128 cm³/mol. The molecule has 2 heterocycles. The molecular formula is C27H26N4O. The van der Waals surface area contributed by atoms with Gasteiger partial charge in [-0.2, -0.15) is 5.10 Å². The summed E-state index contributed by atoms with van der Waals surface area (Å²) in [5.74, 6) is -0.0544. The van der Waals surface area contributed by atoms with Gasteiger partial charge in [-0.1, -0.05) is 54.6 Å². The van der Waals surface area contributed by atoms with Gasteiger partial charge in [-0.25, -0.2) is 0 Å². The van der Waals surface area contributed by atoms with Crippen molar-refractivity contribution >= 4 is 12.0 Å². The molecule has 32 heavy (non-hydrogen) atoms. The van der Waals surface area contributed by atoms with Gasteiger partial charge in [-0.05, 0) is 41.8 Å². The molecule has 0 aliphatic heterocycles. The van der Waals surface area contributed by atoms with Crippen molar-refractivity contribution in [3.63, 3.8) is 0 Å².